The summed E-state index contributed by atoms with van der Waals surface area (Å²) >= 11 is 0. The number of carbonyl (C=O) groups excluding carboxylic acids is 2. The van der Waals surface area contributed by atoms with Gasteiger partial charge in [0.25, 0.3) is 0 Å². The minimum Gasteiger partial charge on any atom is -0.345 e. The lowest BCUT2D eigenvalue weighted by atomic mass is 10.1. The number of nitrogens with zero attached hydrogens (tertiary/aromatic N) is 1. The van der Waals surface area contributed by atoms with E-state index in [4.69, 9.17) is 0 Å². The first-order chi connectivity index (χ1) is 7.61. The topological polar surface area (TPSA) is 49.4 Å². The zero-order chi connectivity index (χ0) is 12.0. The van der Waals surface area contributed by atoms with Crippen molar-refractivity contribution in [2.75, 3.05) is 13.1 Å². The molecule has 1 aliphatic rings. The molecule has 4 nitrogen and oxygen atoms in total. The van der Waals surface area contributed by atoms with Crippen molar-refractivity contribution in [3.8, 4) is 0 Å². The molecule has 4 heteroatoms. The van der Waals surface area contributed by atoms with Crippen LogP contribution in [-0.2, 0) is 9.59 Å². The molecule has 1 unspecified atom stereocenters. The van der Waals surface area contributed by atoms with E-state index >= 15 is 0 Å². The van der Waals surface area contributed by atoms with Crippen molar-refractivity contribution in [1.29, 1.82) is 0 Å². The number of likely N-dealkylation sites (tertiary alicyclic amines) is 1. The Labute approximate surface area is 97.4 Å². The lowest BCUT2D eigenvalue weighted by Crippen LogP contribution is -2.47. The molecule has 1 fully saturated rings. The average molecular weight is 226 g/mol. The van der Waals surface area contributed by atoms with Gasteiger partial charge in [-0.2, -0.15) is 0 Å². The van der Waals surface area contributed by atoms with Crippen LogP contribution in [0.25, 0.3) is 0 Å². The number of amides is 2. The van der Waals surface area contributed by atoms with Gasteiger partial charge in [0.05, 0.1) is 0 Å². The summed E-state index contributed by atoms with van der Waals surface area (Å²) < 4.78 is 0. The lowest BCUT2D eigenvalue weighted by molar-refractivity contribution is -0.135. The maximum absolute atomic E-state index is 12.0. The Hall–Kier alpha value is -1.06. The SMILES string of the molecule is CC(=O)NC(C)C(=O)N1CCCCCCC1. The molecule has 1 aliphatic heterocycles. The molecule has 1 atom stereocenters. The van der Waals surface area contributed by atoms with Crippen molar-refractivity contribution in [3.63, 3.8) is 0 Å². The fraction of sp³-hybridized carbons (Fsp3) is 0.833. The molecule has 0 saturated carbocycles. The fourth-order valence-electron chi connectivity index (χ4n) is 2.11. The Bertz CT molecular complexity index is 245. The number of hydrogen-bond acceptors (Lipinski definition) is 2. The largest absolute Gasteiger partial charge is 0.345 e. The van der Waals surface area contributed by atoms with Crippen molar-refractivity contribution in [3.05, 3.63) is 0 Å². The number of nitrogens with one attached hydrogen (secondary N) is 1. The van der Waals surface area contributed by atoms with Crippen LogP contribution in [0.3, 0.4) is 0 Å². The van der Waals surface area contributed by atoms with E-state index in [9.17, 15) is 9.59 Å². The quantitative estimate of drug-likeness (QED) is 0.771. The minimum absolute atomic E-state index is 0.0529. The van der Waals surface area contributed by atoms with Crippen LogP contribution >= 0.6 is 0 Å². The molecular formula is C12H22N2O2. The molecule has 0 aromatic heterocycles. The first-order valence-corrected chi connectivity index (χ1v) is 6.17. The Morgan fingerprint density at radius 3 is 2.06 bits per heavy atom. The molecule has 16 heavy (non-hydrogen) atoms. The normalized spacial score (nSPS) is 19.5. The zero-order valence-electron chi connectivity index (χ0n) is 10.3. The second-order valence-corrected chi connectivity index (χ2v) is 4.52. The lowest BCUT2D eigenvalue weighted by Gasteiger charge is -2.27. The van der Waals surface area contributed by atoms with Gasteiger partial charge in [-0.15, -0.1) is 0 Å². The van der Waals surface area contributed by atoms with Gasteiger partial charge < -0.3 is 10.2 Å². The molecule has 0 radical (unpaired) electrons. The van der Waals surface area contributed by atoms with Gasteiger partial charge in [0, 0.05) is 20.0 Å². The van der Waals surface area contributed by atoms with E-state index < -0.39 is 6.04 Å². The average Bonchev–Trinajstić information content (AvgIpc) is 2.15. The summed E-state index contributed by atoms with van der Waals surface area (Å²) in [7, 11) is 0. The molecule has 0 aliphatic carbocycles. The molecule has 0 bridgehead atoms. The van der Waals surface area contributed by atoms with Gasteiger partial charge in [-0.1, -0.05) is 19.3 Å². The first kappa shape index (κ1) is 13.0. The van der Waals surface area contributed by atoms with Crippen molar-refractivity contribution >= 4 is 11.8 Å². The number of carbonyl (C=O) groups is 2. The molecule has 92 valence electrons. The molecule has 2 amide bonds. The smallest absolute Gasteiger partial charge is 0.244 e. The molecular weight excluding hydrogens is 204 g/mol. The summed E-state index contributed by atoms with van der Waals surface area (Å²) in [5, 5.41) is 2.65. The predicted molar refractivity (Wildman–Crippen MR) is 62.9 cm³/mol. The molecule has 0 aromatic rings. The zero-order valence-corrected chi connectivity index (χ0v) is 10.3. The maximum atomic E-state index is 12.0. The molecule has 0 aromatic carbocycles. The Morgan fingerprint density at radius 1 is 1.06 bits per heavy atom. The summed E-state index contributed by atoms with van der Waals surface area (Å²) in [5.41, 5.74) is 0. The van der Waals surface area contributed by atoms with Gasteiger partial charge in [0.1, 0.15) is 6.04 Å². The molecule has 1 heterocycles. The second kappa shape index (κ2) is 6.51. The highest BCUT2D eigenvalue weighted by Crippen LogP contribution is 2.11. The van der Waals surface area contributed by atoms with Crippen LogP contribution in [-0.4, -0.2) is 35.8 Å². The van der Waals surface area contributed by atoms with Gasteiger partial charge in [0.15, 0.2) is 0 Å². The standard InChI is InChI=1S/C12H22N2O2/c1-10(13-11(2)15)12(16)14-8-6-4-3-5-7-9-14/h10H,3-9H2,1-2H3,(H,13,15). The highest BCUT2D eigenvalue weighted by molar-refractivity contribution is 5.86. The van der Waals surface area contributed by atoms with Gasteiger partial charge in [0.2, 0.25) is 11.8 Å². The third-order valence-electron chi connectivity index (χ3n) is 2.96. The second-order valence-electron chi connectivity index (χ2n) is 4.52. The number of rotatable bonds is 2. The van der Waals surface area contributed by atoms with E-state index in [-0.39, 0.29) is 11.8 Å². The van der Waals surface area contributed by atoms with Gasteiger partial charge in [-0.05, 0) is 19.8 Å². The van der Waals surface area contributed by atoms with E-state index in [1.807, 2.05) is 4.90 Å². The van der Waals surface area contributed by atoms with Crippen molar-refractivity contribution in [1.82, 2.24) is 10.2 Å². The molecule has 1 saturated heterocycles. The van der Waals surface area contributed by atoms with Crippen LogP contribution in [0, 0.1) is 0 Å². The molecule has 0 spiro atoms. The summed E-state index contributed by atoms with van der Waals surface area (Å²) in [6, 6.07) is -0.392. The van der Waals surface area contributed by atoms with Crippen LogP contribution in [0.15, 0.2) is 0 Å². The first-order valence-electron chi connectivity index (χ1n) is 6.17. The fourth-order valence-corrected chi connectivity index (χ4v) is 2.11. The minimum atomic E-state index is -0.392. The maximum Gasteiger partial charge on any atom is 0.244 e. The Kier molecular flexibility index (Phi) is 5.29. The third-order valence-corrected chi connectivity index (χ3v) is 2.96. The van der Waals surface area contributed by atoms with Gasteiger partial charge in [-0.25, -0.2) is 0 Å². The van der Waals surface area contributed by atoms with Crippen LogP contribution < -0.4 is 5.32 Å². The van der Waals surface area contributed by atoms with Crippen molar-refractivity contribution in [2.24, 2.45) is 0 Å². The number of hydrogen-bond donors (Lipinski definition) is 1. The monoisotopic (exact) mass is 226 g/mol. The van der Waals surface area contributed by atoms with E-state index in [0.717, 1.165) is 25.9 Å². The Morgan fingerprint density at radius 2 is 1.56 bits per heavy atom. The highest BCUT2D eigenvalue weighted by Gasteiger charge is 2.21. The van der Waals surface area contributed by atoms with Crippen LogP contribution in [0.2, 0.25) is 0 Å². The molecule has 1 N–H and O–H groups in total. The summed E-state index contributed by atoms with van der Waals surface area (Å²) in [5.74, 6) is -0.0926. The van der Waals surface area contributed by atoms with Crippen LogP contribution in [0.4, 0.5) is 0 Å². The van der Waals surface area contributed by atoms with Crippen LogP contribution in [0.5, 0.6) is 0 Å². The van der Waals surface area contributed by atoms with Crippen molar-refractivity contribution < 1.29 is 9.59 Å². The molecule has 1 rings (SSSR count). The predicted octanol–water partition coefficient (Wildman–Crippen LogP) is 1.30. The van der Waals surface area contributed by atoms with E-state index in [1.54, 1.807) is 6.92 Å². The van der Waals surface area contributed by atoms with Crippen LogP contribution in [0.1, 0.15) is 46.0 Å². The third kappa shape index (κ3) is 4.21. The van der Waals surface area contributed by atoms with Gasteiger partial charge in [-0.3, -0.25) is 9.59 Å². The van der Waals surface area contributed by atoms with Crippen molar-refractivity contribution in [2.45, 2.75) is 52.0 Å². The summed E-state index contributed by atoms with van der Waals surface area (Å²) in [6.45, 7) is 4.87. The Balaban J connectivity index is 2.46. The highest BCUT2D eigenvalue weighted by atomic mass is 16.2. The summed E-state index contributed by atoms with van der Waals surface area (Å²) in [4.78, 5) is 24.8. The van der Waals surface area contributed by atoms with E-state index in [0.29, 0.717) is 0 Å². The van der Waals surface area contributed by atoms with E-state index in [1.165, 1.54) is 26.2 Å². The van der Waals surface area contributed by atoms with E-state index in [2.05, 4.69) is 5.32 Å². The van der Waals surface area contributed by atoms with Gasteiger partial charge >= 0.3 is 0 Å². The summed E-state index contributed by atoms with van der Waals surface area (Å²) in [6.07, 6.45) is 5.86.